The highest BCUT2D eigenvalue weighted by molar-refractivity contribution is 5.94. The Hall–Kier alpha value is -2.87. The highest BCUT2D eigenvalue weighted by atomic mass is 16.5. The quantitative estimate of drug-likeness (QED) is 0.679. The number of methoxy groups -OCH3 is 1. The zero-order valence-corrected chi connectivity index (χ0v) is 20.9. The lowest BCUT2D eigenvalue weighted by Gasteiger charge is -2.37. The number of nitrogens with one attached hydrogen (secondary N) is 1. The summed E-state index contributed by atoms with van der Waals surface area (Å²) in [5, 5.41) is 3.59. The normalized spacial score (nSPS) is 23.7. The van der Waals surface area contributed by atoms with Crippen LogP contribution < -0.4 is 15.0 Å². The second-order valence-electron chi connectivity index (χ2n) is 10.0. The van der Waals surface area contributed by atoms with E-state index in [1.54, 1.807) is 7.11 Å². The van der Waals surface area contributed by atoms with Gasteiger partial charge in [0.25, 0.3) is 5.91 Å². The fourth-order valence-electron chi connectivity index (χ4n) is 5.69. The van der Waals surface area contributed by atoms with E-state index in [9.17, 15) is 4.79 Å². The number of nitrogens with zero attached hydrogens (tertiary/aromatic N) is 5. The topological polar surface area (TPSA) is 73.8 Å². The maximum absolute atomic E-state index is 13.1. The molecular formula is C27H38N6O2. The van der Waals surface area contributed by atoms with Crippen LogP contribution in [0.5, 0.6) is 5.75 Å². The fraction of sp³-hybridized carbons (Fsp3) is 0.593. The average Bonchev–Trinajstić information content (AvgIpc) is 3.20. The predicted molar refractivity (Wildman–Crippen MR) is 138 cm³/mol. The number of carbonyl (C=O) groups excluding carboxylic acids is 1. The standard InChI is InChI=1S/C27H38N6O2/c1-35-24-10-6-8-21(18-24)26(34)33-16-7-9-23(20-33)32-17-12-22(19-32)29-27-28-13-11-25(30-27)31-14-4-2-3-5-15-31/h6,8,10-11,13,18,22-23H,2-5,7,9,12,14-17,19-20H2,1H3,(H,28,29,30). The molecule has 8 heteroatoms. The minimum absolute atomic E-state index is 0.0983. The molecule has 3 saturated heterocycles. The first kappa shape index (κ1) is 23.9. The van der Waals surface area contributed by atoms with Gasteiger partial charge in [0.2, 0.25) is 5.95 Å². The number of likely N-dealkylation sites (tertiary alicyclic amines) is 2. The Kier molecular flexibility index (Phi) is 7.66. The molecule has 0 bridgehead atoms. The minimum Gasteiger partial charge on any atom is -0.497 e. The van der Waals surface area contributed by atoms with Crippen LogP contribution in [-0.4, -0.2) is 84.1 Å². The summed E-state index contributed by atoms with van der Waals surface area (Å²) in [6, 6.07) is 10.2. The molecule has 8 nitrogen and oxygen atoms in total. The van der Waals surface area contributed by atoms with Crippen LogP contribution in [0, 0.1) is 0 Å². The molecule has 2 aromatic rings. The first-order valence-electron chi connectivity index (χ1n) is 13.2. The van der Waals surface area contributed by atoms with E-state index in [1.807, 2.05) is 41.4 Å². The van der Waals surface area contributed by atoms with E-state index < -0.39 is 0 Å². The van der Waals surface area contributed by atoms with Crippen LogP contribution in [-0.2, 0) is 0 Å². The molecule has 188 valence electrons. The van der Waals surface area contributed by atoms with E-state index in [2.05, 4.69) is 20.1 Å². The maximum atomic E-state index is 13.1. The van der Waals surface area contributed by atoms with E-state index in [0.717, 1.165) is 76.0 Å². The van der Waals surface area contributed by atoms with Gasteiger partial charge in [-0.25, -0.2) is 4.98 Å². The Morgan fingerprint density at radius 3 is 2.69 bits per heavy atom. The largest absolute Gasteiger partial charge is 0.497 e. The van der Waals surface area contributed by atoms with Crippen molar-refractivity contribution in [1.82, 2.24) is 19.8 Å². The highest BCUT2D eigenvalue weighted by Gasteiger charge is 2.33. The number of aromatic nitrogens is 2. The SMILES string of the molecule is COc1cccc(C(=O)N2CCCC(N3CCC(Nc4nccc(N5CCCCCC5)n4)C3)C2)c1. The van der Waals surface area contributed by atoms with Crippen molar-refractivity contribution < 1.29 is 9.53 Å². The van der Waals surface area contributed by atoms with Crippen molar-refractivity contribution in [1.29, 1.82) is 0 Å². The number of carbonyl (C=O) groups is 1. The Morgan fingerprint density at radius 1 is 1.00 bits per heavy atom. The molecule has 2 unspecified atom stereocenters. The van der Waals surface area contributed by atoms with E-state index in [1.165, 1.54) is 25.7 Å². The second-order valence-corrected chi connectivity index (χ2v) is 10.0. The number of hydrogen-bond acceptors (Lipinski definition) is 7. The molecule has 3 aliphatic rings. The molecule has 1 amide bonds. The van der Waals surface area contributed by atoms with Crippen LogP contribution in [0.1, 0.15) is 55.3 Å². The van der Waals surface area contributed by atoms with E-state index in [-0.39, 0.29) is 5.91 Å². The van der Waals surface area contributed by atoms with Gasteiger partial charge in [0.15, 0.2) is 0 Å². The summed E-state index contributed by atoms with van der Waals surface area (Å²) in [5.74, 6) is 2.59. The first-order chi connectivity index (χ1) is 17.2. The molecule has 2 atom stereocenters. The third kappa shape index (κ3) is 5.86. The molecule has 1 aromatic carbocycles. The molecule has 35 heavy (non-hydrogen) atoms. The Labute approximate surface area is 208 Å². The van der Waals surface area contributed by atoms with Crippen molar-refractivity contribution in [3.8, 4) is 5.75 Å². The lowest BCUT2D eigenvalue weighted by atomic mass is 10.0. The Bertz CT molecular complexity index is 993. The molecule has 1 aromatic heterocycles. The molecule has 4 heterocycles. The molecule has 1 N–H and O–H groups in total. The number of benzene rings is 1. The average molecular weight is 479 g/mol. The zero-order chi connectivity index (χ0) is 24.0. The van der Waals surface area contributed by atoms with Gasteiger partial charge in [0.1, 0.15) is 11.6 Å². The third-order valence-electron chi connectivity index (χ3n) is 7.64. The van der Waals surface area contributed by atoms with Crippen LogP contribution in [0.15, 0.2) is 36.5 Å². The highest BCUT2D eigenvalue weighted by Crippen LogP contribution is 2.25. The summed E-state index contributed by atoms with van der Waals surface area (Å²) in [5.41, 5.74) is 0.701. The van der Waals surface area contributed by atoms with Crippen molar-refractivity contribution in [3.05, 3.63) is 42.1 Å². The monoisotopic (exact) mass is 478 g/mol. The van der Waals surface area contributed by atoms with Crippen molar-refractivity contribution >= 4 is 17.7 Å². The van der Waals surface area contributed by atoms with Gasteiger partial charge in [-0.2, -0.15) is 4.98 Å². The van der Waals surface area contributed by atoms with Crippen LogP contribution in [0.2, 0.25) is 0 Å². The minimum atomic E-state index is 0.0983. The summed E-state index contributed by atoms with van der Waals surface area (Å²) in [4.78, 5) is 29.4. The molecule has 0 radical (unpaired) electrons. The lowest BCUT2D eigenvalue weighted by molar-refractivity contribution is 0.0607. The van der Waals surface area contributed by atoms with Crippen molar-refractivity contribution in [2.24, 2.45) is 0 Å². The van der Waals surface area contributed by atoms with Gasteiger partial charge < -0.3 is 19.9 Å². The van der Waals surface area contributed by atoms with Gasteiger partial charge in [-0.3, -0.25) is 9.69 Å². The number of amides is 1. The summed E-state index contributed by atoms with van der Waals surface area (Å²) in [7, 11) is 1.63. The number of piperidine rings is 1. The van der Waals surface area contributed by atoms with Crippen molar-refractivity contribution in [2.75, 3.05) is 56.6 Å². The number of hydrogen-bond donors (Lipinski definition) is 1. The smallest absolute Gasteiger partial charge is 0.254 e. The van der Waals surface area contributed by atoms with Crippen molar-refractivity contribution in [2.45, 2.75) is 57.0 Å². The van der Waals surface area contributed by atoms with Gasteiger partial charge >= 0.3 is 0 Å². The van der Waals surface area contributed by atoms with Crippen LogP contribution in [0.4, 0.5) is 11.8 Å². The number of anilines is 2. The van der Waals surface area contributed by atoms with Crippen LogP contribution >= 0.6 is 0 Å². The summed E-state index contributed by atoms with van der Waals surface area (Å²) in [6.07, 6.45) is 10.2. The number of ether oxygens (including phenoxy) is 1. The molecule has 0 spiro atoms. The zero-order valence-electron chi connectivity index (χ0n) is 20.9. The summed E-state index contributed by atoms with van der Waals surface area (Å²) in [6.45, 7) is 5.77. The molecule has 0 saturated carbocycles. The van der Waals surface area contributed by atoms with E-state index in [0.29, 0.717) is 17.6 Å². The molecule has 3 fully saturated rings. The van der Waals surface area contributed by atoms with Gasteiger partial charge in [-0.1, -0.05) is 18.9 Å². The van der Waals surface area contributed by atoms with Crippen LogP contribution in [0.25, 0.3) is 0 Å². The van der Waals surface area contributed by atoms with Gasteiger partial charge in [0.05, 0.1) is 7.11 Å². The number of rotatable bonds is 6. The van der Waals surface area contributed by atoms with E-state index >= 15 is 0 Å². The molecule has 5 rings (SSSR count). The summed E-state index contributed by atoms with van der Waals surface area (Å²) >= 11 is 0. The van der Waals surface area contributed by atoms with Crippen molar-refractivity contribution in [3.63, 3.8) is 0 Å². The lowest BCUT2D eigenvalue weighted by Crippen LogP contribution is -2.49. The van der Waals surface area contributed by atoms with Gasteiger partial charge in [-0.05, 0) is 56.4 Å². The molecule has 3 aliphatic heterocycles. The third-order valence-corrected chi connectivity index (χ3v) is 7.64. The molecular weight excluding hydrogens is 440 g/mol. The molecule has 0 aliphatic carbocycles. The van der Waals surface area contributed by atoms with Gasteiger partial charge in [0, 0.05) is 63.1 Å². The second kappa shape index (κ2) is 11.2. The maximum Gasteiger partial charge on any atom is 0.254 e. The fourth-order valence-corrected chi connectivity index (χ4v) is 5.69. The Balaban J connectivity index is 1.16. The summed E-state index contributed by atoms with van der Waals surface area (Å²) < 4.78 is 5.30. The van der Waals surface area contributed by atoms with E-state index in [4.69, 9.17) is 9.72 Å². The first-order valence-corrected chi connectivity index (χ1v) is 13.2. The Morgan fingerprint density at radius 2 is 1.86 bits per heavy atom. The van der Waals surface area contributed by atoms with Crippen LogP contribution in [0.3, 0.4) is 0 Å². The van der Waals surface area contributed by atoms with Gasteiger partial charge in [-0.15, -0.1) is 0 Å². The predicted octanol–water partition coefficient (Wildman–Crippen LogP) is 3.66.